The van der Waals surface area contributed by atoms with Crippen molar-refractivity contribution in [2.45, 2.75) is 52.8 Å². The van der Waals surface area contributed by atoms with Crippen LogP contribution in [0.2, 0.25) is 0 Å². The summed E-state index contributed by atoms with van der Waals surface area (Å²) in [6.07, 6.45) is -0.391. The lowest BCUT2D eigenvalue weighted by atomic mass is 10.0. The van der Waals surface area contributed by atoms with Crippen LogP contribution < -0.4 is 10.6 Å². The molecule has 1 amide bonds. The maximum atomic E-state index is 11.9. The number of amides is 1. The molecule has 5 nitrogen and oxygen atoms in total. The summed E-state index contributed by atoms with van der Waals surface area (Å²) in [7, 11) is 0. The minimum Gasteiger partial charge on any atom is -0.508 e. The second kappa shape index (κ2) is 8.03. The highest BCUT2D eigenvalue weighted by Crippen LogP contribution is 2.10. The zero-order chi connectivity index (χ0) is 16.8. The fourth-order valence-corrected chi connectivity index (χ4v) is 1.90. The van der Waals surface area contributed by atoms with Crippen LogP contribution >= 0.6 is 0 Å². The van der Waals surface area contributed by atoms with Crippen LogP contribution in [0.3, 0.4) is 0 Å². The first-order valence-electron chi connectivity index (χ1n) is 7.65. The van der Waals surface area contributed by atoms with Crippen molar-refractivity contribution in [3.8, 4) is 5.75 Å². The van der Waals surface area contributed by atoms with Crippen LogP contribution in [0.4, 0.5) is 4.79 Å². The molecule has 0 bridgehead atoms. The Kier molecular flexibility index (Phi) is 6.68. The Balaban J connectivity index is 2.44. The molecule has 0 radical (unpaired) electrons. The highest BCUT2D eigenvalue weighted by atomic mass is 16.6. The molecule has 1 unspecified atom stereocenters. The number of carbonyl (C=O) groups is 1. The van der Waals surface area contributed by atoms with Gasteiger partial charge in [0.2, 0.25) is 0 Å². The van der Waals surface area contributed by atoms with Crippen LogP contribution in [0.25, 0.3) is 0 Å². The Labute approximate surface area is 133 Å². The summed E-state index contributed by atoms with van der Waals surface area (Å²) in [6, 6.07) is 7.06. The number of alkyl carbamates (subject to hydrolysis) is 1. The van der Waals surface area contributed by atoms with Crippen molar-refractivity contribution in [2.24, 2.45) is 5.92 Å². The molecule has 3 N–H and O–H groups in total. The molecule has 5 heteroatoms. The van der Waals surface area contributed by atoms with Gasteiger partial charge in [0.1, 0.15) is 11.4 Å². The van der Waals surface area contributed by atoms with E-state index in [1.165, 1.54) is 0 Å². The van der Waals surface area contributed by atoms with Gasteiger partial charge in [-0.3, -0.25) is 0 Å². The van der Waals surface area contributed by atoms with E-state index in [4.69, 9.17) is 4.74 Å². The van der Waals surface area contributed by atoms with E-state index in [0.29, 0.717) is 19.0 Å². The van der Waals surface area contributed by atoms with Gasteiger partial charge in [-0.25, -0.2) is 4.79 Å². The summed E-state index contributed by atoms with van der Waals surface area (Å²) >= 11 is 0. The normalized spacial score (nSPS) is 13.0. The van der Waals surface area contributed by atoms with E-state index in [1.807, 2.05) is 32.9 Å². The second-order valence-corrected chi connectivity index (χ2v) is 6.79. The molecule has 0 fully saturated rings. The molecule has 0 aliphatic rings. The van der Waals surface area contributed by atoms with Crippen molar-refractivity contribution >= 4 is 6.09 Å². The molecule has 0 saturated carbocycles. The predicted molar refractivity (Wildman–Crippen MR) is 87.8 cm³/mol. The maximum Gasteiger partial charge on any atom is 0.407 e. The molecular formula is C17H28N2O3. The minimum absolute atomic E-state index is 0.00744. The van der Waals surface area contributed by atoms with Crippen LogP contribution in [-0.2, 0) is 11.3 Å². The summed E-state index contributed by atoms with van der Waals surface area (Å²) in [5, 5.41) is 15.5. The number of rotatable bonds is 6. The molecule has 124 valence electrons. The number of hydrogen-bond donors (Lipinski definition) is 3. The van der Waals surface area contributed by atoms with E-state index < -0.39 is 11.7 Å². The molecule has 0 aliphatic carbocycles. The standard InChI is InChI=1S/C17H28N2O3/c1-12(2)15(19-16(21)22-17(3,4)5)11-18-10-13-6-8-14(20)9-7-13/h6-9,12,15,18,20H,10-11H2,1-5H3,(H,19,21). The first-order valence-corrected chi connectivity index (χ1v) is 7.65. The van der Waals surface area contributed by atoms with Gasteiger partial charge < -0.3 is 20.5 Å². The Morgan fingerprint density at radius 1 is 1.23 bits per heavy atom. The van der Waals surface area contributed by atoms with E-state index >= 15 is 0 Å². The lowest BCUT2D eigenvalue weighted by molar-refractivity contribution is 0.0490. The number of phenols is 1. The van der Waals surface area contributed by atoms with Crippen LogP contribution in [0.15, 0.2) is 24.3 Å². The fraction of sp³-hybridized carbons (Fsp3) is 0.588. The Morgan fingerprint density at radius 3 is 2.32 bits per heavy atom. The Bertz CT molecular complexity index is 464. The molecular weight excluding hydrogens is 280 g/mol. The van der Waals surface area contributed by atoms with Gasteiger partial charge in [-0.1, -0.05) is 26.0 Å². The molecule has 1 aromatic rings. The Morgan fingerprint density at radius 2 is 1.82 bits per heavy atom. The van der Waals surface area contributed by atoms with Gasteiger partial charge in [0.25, 0.3) is 0 Å². The van der Waals surface area contributed by atoms with Crippen molar-refractivity contribution in [3.05, 3.63) is 29.8 Å². The summed E-state index contributed by atoms with van der Waals surface area (Å²) in [4.78, 5) is 11.9. The highest BCUT2D eigenvalue weighted by Gasteiger charge is 2.21. The van der Waals surface area contributed by atoms with Gasteiger partial charge in [-0.2, -0.15) is 0 Å². The fourth-order valence-electron chi connectivity index (χ4n) is 1.90. The second-order valence-electron chi connectivity index (χ2n) is 6.79. The van der Waals surface area contributed by atoms with E-state index in [-0.39, 0.29) is 11.8 Å². The number of aromatic hydroxyl groups is 1. The van der Waals surface area contributed by atoms with Crippen LogP contribution in [0, 0.1) is 5.92 Å². The largest absolute Gasteiger partial charge is 0.508 e. The molecule has 1 aromatic carbocycles. The minimum atomic E-state index is -0.495. The third kappa shape index (κ3) is 7.31. The zero-order valence-electron chi connectivity index (χ0n) is 14.1. The SMILES string of the molecule is CC(C)C(CNCc1ccc(O)cc1)NC(=O)OC(C)(C)C. The summed E-state index contributed by atoms with van der Waals surface area (Å²) in [5.41, 5.74) is 0.586. The lowest BCUT2D eigenvalue weighted by Crippen LogP contribution is -2.46. The van der Waals surface area contributed by atoms with E-state index in [0.717, 1.165) is 5.56 Å². The van der Waals surface area contributed by atoms with Gasteiger partial charge >= 0.3 is 6.09 Å². The third-order valence-electron chi connectivity index (χ3n) is 3.14. The van der Waals surface area contributed by atoms with Crippen molar-refractivity contribution in [1.29, 1.82) is 0 Å². The van der Waals surface area contributed by atoms with Crippen molar-refractivity contribution < 1.29 is 14.6 Å². The van der Waals surface area contributed by atoms with E-state index in [2.05, 4.69) is 24.5 Å². The van der Waals surface area contributed by atoms with Crippen LogP contribution in [-0.4, -0.2) is 29.4 Å². The summed E-state index contributed by atoms with van der Waals surface area (Å²) in [5.74, 6) is 0.551. The molecule has 0 aliphatic heterocycles. The highest BCUT2D eigenvalue weighted by molar-refractivity contribution is 5.68. The van der Waals surface area contributed by atoms with Crippen molar-refractivity contribution in [3.63, 3.8) is 0 Å². The van der Waals surface area contributed by atoms with Gasteiger partial charge in [-0.05, 0) is 44.4 Å². The first kappa shape index (κ1) is 18.3. The lowest BCUT2D eigenvalue weighted by Gasteiger charge is -2.26. The average Bonchev–Trinajstić information content (AvgIpc) is 2.37. The van der Waals surface area contributed by atoms with E-state index in [1.54, 1.807) is 12.1 Å². The number of phenolic OH excluding ortho intramolecular Hbond substituents is 1. The summed E-state index contributed by atoms with van der Waals surface area (Å²) < 4.78 is 5.29. The number of carbonyl (C=O) groups excluding carboxylic acids is 1. The van der Waals surface area contributed by atoms with Crippen LogP contribution in [0.5, 0.6) is 5.75 Å². The zero-order valence-corrected chi connectivity index (χ0v) is 14.1. The van der Waals surface area contributed by atoms with Gasteiger partial charge in [0.15, 0.2) is 0 Å². The molecule has 0 heterocycles. The number of nitrogens with one attached hydrogen (secondary N) is 2. The van der Waals surface area contributed by atoms with E-state index in [9.17, 15) is 9.90 Å². The summed E-state index contributed by atoms with van der Waals surface area (Å²) in [6.45, 7) is 11.0. The number of ether oxygens (including phenoxy) is 1. The molecule has 0 saturated heterocycles. The van der Waals surface area contributed by atoms with Crippen molar-refractivity contribution in [1.82, 2.24) is 10.6 Å². The number of benzene rings is 1. The third-order valence-corrected chi connectivity index (χ3v) is 3.14. The smallest absolute Gasteiger partial charge is 0.407 e. The molecule has 1 atom stereocenters. The van der Waals surface area contributed by atoms with Crippen LogP contribution in [0.1, 0.15) is 40.2 Å². The molecule has 1 rings (SSSR count). The van der Waals surface area contributed by atoms with Gasteiger partial charge in [0, 0.05) is 19.1 Å². The van der Waals surface area contributed by atoms with Crippen molar-refractivity contribution in [2.75, 3.05) is 6.54 Å². The first-order chi connectivity index (χ1) is 10.2. The molecule has 0 spiro atoms. The molecule has 0 aromatic heterocycles. The number of hydrogen-bond acceptors (Lipinski definition) is 4. The predicted octanol–water partition coefficient (Wildman–Crippen LogP) is 3.03. The average molecular weight is 308 g/mol. The topological polar surface area (TPSA) is 70.6 Å². The monoisotopic (exact) mass is 308 g/mol. The van der Waals surface area contributed by atoms with Gasteiger partial charge in [-0.15, -0.1) is 0 Å². The molecule has 22 heavy (non-hydrogen) atoms. The van der Waals surface area contributed by atoms with Gasteiger partial charge in [0.05, 0.1) is 0 Å². The quantitative estimate of drug-likeness (QED) is 0.755. The maximum absolute atomic E-state index is 11.9. The Hall–Kier alpha value is -1.75.